The molecule has 31 heavy (non-hydrogen) atoms. The second kappa shape index (κ2) is 9.43. The molecule has 1 atom stereocenters. The molecule has 1 aromatic heterocycles. The molecule has 3 rings (SSSR count). The van der Waals surface area contributed by atoms with Gasteiger partial charge < -0.3 is 14.6 Å². The molecule has 1 unspecified atom stereocenters. The van der Waals surface area contributed by atoms with Gasteiger partial charge in [-0.25, -0.2) is 32.7 Å². The van der Waals surface area contributed by atoms with E-state index in [2.05, 4.69) is 9.97 Å². The van der Waals surface area contributed by atoms with Crippen molar-refractivity contribution in [3.8, 4) is 17.5 Å². The van der Waals surface area contributed by atoms with Crippen LogP contribution in [0, 0.1) is 12.7 Å². The van der Waals surface area contributed by atoms with Crippen LogP contribution in [0.1, 0.15) is 30.4 Å². The van der Waals surface area contributed by atoms with Gasteiger partial charge >= 0.3 is 6.09 Å². The molecule has 0 aliphatic carbocycles. The van der Waals surface area contributed by atoms with Gasteiger partial charge in [0, 0.05) is 13.0 Å². The van der Waals surface area contributed by atoms with Crippen LogP contribution in [0.5, 0.6) is 17.5 Å². The topological polar surface area (TPSA) is 145 Å². The van der Waals surface area contributed by atoms with E-state index in [0.717, 1.165) is 12.8 Å². The standard InChI is InChI=1S/C19H23FN4O6S/c1-12-17(29-15-6-5-13(10-14(15)20)7-9-31(21,27)28)22-11-23-18(12)30-16-4-2-3-8-24(16)19(25)26/h5-6,10-11,16H,2-4,7-9H2,1H3,(H,25,26)(H2,21,27,28). The Labute approximate surface area is 178 Å². The third-order valence-electron chi connectivity index (χ3n) is 4.81. The number of piperidine rings is 1. The Kier molecular flexibility index (Phi) is 6.91. The molecule has 0 radical (unpaired) electrons. The summed E-state index contributed by atoms with van der Waals surface area (Å²) in [5, 5.41) is 14.3. The van der Waals surface area contributed by atoms with Gasteiger partial charge in [0.2, 0.25) is 21.8 Å². The minimum Gasteiger partial charge on any atom is -0.465 e. The highest BCUT2D eigenvalue weighted by molar-refractivity contribution is 7.89. The van der Waals surface area contributed by atoms with Crippen molar-refractivity contribution in [2.24, 2.45) is 5.14 Å². The number of hydrogen-bond donors (Lipinski definition) is 2. The molecule has 10 nitrogen and oxygen atoms in total. The predicted octanol–water partition coefficient (Wildman–Crippen LogP) is 2.42. The molecular weight excluding hydrogens is 431 g/mol. The van der Waals surface area contributed by atoms with Gasteiger partial charge in [-0.1, -0.05) is 6.07 Å². The van der Waals surface area contributed by atoms with Crippen molar-refractivity contribution in [1.82, 2.24) is 14.9 Å². The first-order valence-corrected chi connectivity index (χ1v) is 11.3. The van der Waals surface area contributed by atoms with Crippen LogP contribution >= 0.6 is 0 Å². The van der Waals surface area contributed by atoms with E-state index in [1.165, 1.54) is 29.4 Å². The van der Waals surface area contributed by atoms with E-state index in [-0.39, 0.29) is 29.7 Å². The lowest BCUT2D eigenvalue weighted by Gasteiger charge is -2.33. The van der Waals surface area contributed by atoms with Gasteiger partial charge in [-0.3, -0.25) is 4.90 Å². The SMILES string of the molecule is Cc1c(Oc2ccc(CCS(N)(=O)=O)cc2F)ncnc1OC1CCCCN1C(=O)O. The molecule has 1 aliphatic rings. The highest BCUT2D eigenvalue weighted by atomic mass is 32.2. The summed E-state index contributed by atoms with van der Waals surface area (Å²) in [5.74, 6) is -0.909. The third-order valence-corrected chi connectivity index (χ3v) is 5.58. The van der Waals surface area contributed by atoms with Crippen LogP contribution in [0.3, 0.4) is 0 Å². The predicted molar refractivity (Wildman–Crippen MR) is 108 cm³/mol. The number of ether oxygens (including phenoxy) is 2. The molecule has 1 saturated heterocycles. The Morgan fingerprint density at radius 1 is 1.32 bits per heavy atom. The summed E-state index contributed by atoms with van der Waals surface area (Å²) in [6.07, 6.45) is 1.62. The molecule has 1 amide bonds. The molecule has 0 bridgehead atoms. The maximum atomic E-state index is 14.4. The number of sulfonamides is 1. The number of halogens is 1. The summed E-state index contributed by atoms with van der Waals surface area (Å²) in [6.45, 7) is 1.99. The molecule has 1 fully saturated rings. The van der Waals surface area contributed by atoms with E-state index in [4.69, 9.17) is 14.6 Å². The molecule has 1 aliphatic heterocycles. The summed E-state index contributed by atoms with van der Waals surface area (Å²) >= 11 is 0. The minimum absolute atomic E-state index is 0.0545. The Morgan fingerprint density at radius 2 is 2.06 bits per heavy atom. The number of likely N-dealkylation sites (tertiary alicyclic amines) is 1. The maximum absolute atomic E-state index is 14.4. The first kappa shape index (κ1) is 22.7. The summed E-state index contributed by atoms with van der Waals surface area (Å²) in [7, 11) is -3.65. The summed E-state index contributed by atoms with van der Waals surface area (Å²) in [4.78, 5) is 20.7. The largest absolute Gasteiger partial charge is 0.465 e. The molecule has 2 heterocycles. The highest BCUT2D eigenvalue weighted by Crippen LogP contribution is 2.31. The molecule has 0 saturated carbocycles. The van der Waals surface area contributed by atoms with Gasteiger partial charge in [0.05, 0.1) is 11.3 Å². The zero-order valence-corrected chi connectivity index (χ0v) is 17.6. The fourth-order valence-corrected chi connectivity index (χ4v) is 3.68. The maximum Gasteiger partial charge on any atom is 0.410 e. The minimum atomic E-state index is -3.65. The molecule has 1 aromatic carbocycles. The van der Waals surface area contributed by atoms with E-state index in [9.17, 15) is 22.7 Å². The van der Waals surface area contributed by atoms with Crippen molar-refractivity contribution in [2.75, 3.05) is 12.3 Å². The third kappa shape index (κ3) is 6.01. The second-order valence-corrected chi connectivity index (χ2v) is 8.87. The number of nitrogens with zero attached hydrogens (tertiary/aromatic N) is 3. The number of primary sulfonamides is 1. The van der Waals surface area contributed by atoms with Crippen LogP contribution in [0.4, 0.5) is 9.18 Å². The van der Waals surface area contributed by atoms with Crippen LogP contribution in [-0.2, 0) is 16.4 Å². The Bertz CT molecular complexity index is 1070. The highest BCUT2D eigenvalue weighted by Gasteiger charge is 2.29. The monoisotopic (exact) mass is 454 g/mol. The van der Waals surface area contributed by atoms with Gasteiger partial charge in [0.15, 0.2) is 17.8 Å². The first-order chi connectivity index (χ1) is 14.6. The van der Waals surface area contributed by atoms with Crippen molar-refractivity contribution in [3.05, 3.63) is 41.5 Å². The number of aryl methyl sites for hydroxylation is 1. The average Bonchev–Trinajstić information content (AvgIpc) is 2.70. The Balaban J connectivity index is 1.75. The van der Waals surface area contributed by atoms with Gasteiger partial charge in [-0.05, 0) is 43.9 Å². The zero-order valence-electron chi connectivity index (χ0n) is 16.8. The number of aromatic nitrogens is 2. The fourth-order valence-electron chi connectivity index (χ4n) is 3.16. The van der Waals surface area contributed by atoms with E-state index in [0.29, 0.717) is 24.1 Å². The molecule has 12 heteroatoms. The summed E-state index contributed by atoms with van der Waals surface area (Å²) in [6, 6.07) is 4.06. The number of nitrogens with two attached hydrogens (primary N) is 1. The smallest absolute Gasteiger partial charge is 0.410 e. The average molecular weight is 454 g/mol. The van der Waals surface area contributed by atoms with E-state index < -0.39 is 28.2 Å². The number of amides is 1. The lowest BCUT2D eigenvalue weighted by atomic mass is 10.1. The normalized spacial score (nSPS) is 16.7. The number of rotatable bonds is 7. The fraction of sp³-hybridized carbons (Fsp3) is 0.421. The van der Waals surface area contributed by atoms with E-state index >= 15 is 0 Å². The first-order valence-electron chi connectivity index (χ1n) is 9.58. The van der Waals surface area contributed by atoms with Crippen LogP contribution in [0.15, 0.2) is 24.5 Å². The number of carbonyl (C=O) groups is 1. The lowest BCUT2D eigenvalue weighted by molar-refractivity contribution is 0.00273. The van der Waals surface area contributed by atoms with Crippen molar-refractivity contribution >= 4 is 16.1 Å². The zero-order chi connectivity index (χ0) is 22.6. The number of hydrogen-bond acceptors (Lipinski definition) is 7. The lowest BCUT2D eigenvalue weighted by Crippen LogP contribution is -2.46. The molecule has 3 N–H and O–H groups in total. The molecule has 168 valence electrons. The van der Waals surface area contributed by atoms with Crippen molar-refractivity contribution in [3.63, 3.8) is 0 Å². The quantitative estimate of drug-likeness (QED) is 0.649. The van der Waals surface area contributed by atoms with Crippen LogP contribution in [-0.4, -0.2) is 53.0 Å². The van der Waals surface area contributed by atoms with Gasteiger partial charge in [0.25, 0.3) is 0 Å². The van der Waals surface area contributed by atoms with Crippen molar-refractivity contribution < 1.29 is 32.2 Å². The van der Waals surface area contributed by atoms with Gasteiger partial charge in [-0.2, -0.15) is 0 Å². The molecule has 0 spiro atoms. The van der Waals surface area contributed by atoms with Crippen molar-refractivity contribution in [1.29, 1.82) is 0 Å². The number of carboxylic acid groups (broad SMARTS) is 1. The van der Waals surface area contributed by atoms with Crippen LogP contribution in [0.2, 0.25) is 0 Å². The molecule has 2 aromatic rings. The number of benzene rings is 1. The molecular formula is C19H23FN4O6S. The van der Waals surface area contributed by atoms with Gasteiger partial charge in [0.1, 0.15) is 6.33 Å². The Morgan fingerprint density at radius 3 is 2.74 bits per heavy atom. The summed E-state index contributed by atoms with van der Waals surface area (Å²) < 4.78 is 47.9. The van der Waals surface area contributed by atoms with Crippen LogP contribution < -0.4 is 14.6 Å². The van der Waals surface area contributed by atoms with Crippen molar-refractivity contribution in [2.45, 2.75) is 38.8 Å². The second-order valence-electron chi connectivity index (χ2n) is 7.14. The van der Waals surface area contributed by atoms with Gasteiger partial charge in [-0.15, -0.1) is 0 Å². The van der Waals surface area contributed by atoms with Crippen LogP contribution in [0.25, 0.3) is 0 Å². The van der Waals surface area contributed by atoms with E-state index in [1.54, 1.807) is 6.92 Å². The van der Waals surface area contributed by atoms with E-state index in [1.807, 2.05) is 0 Å². The Hall–Kier alpha value is -2.99. The summed E-state index contributed by atoms with van der Waals surface area (Å²) in [5.41, 5.74) is 0.837.